The van der Waals surface area contributed by atoms with Crippen molar-refractivity contribution in [2.24, 2.45) is 0 Å². The molecule has 0 radical (unpaired) electrons. The van der Waals surface area contributed by atoms with Gasteiger partial charge in [0.1, 0.15) is 5.76 Å². The van der Waals surface area contributed by atoms with Crippen molar-refractivity contribution < 1.29 is 9.15 Å². The minimum atomic E-state index is 0.858. The average molecular weight is 211 g/mol. The van der Waals surface area contributed by atoms with Crippen LogP contribution in [0.15, 0.2) is 16.7 Å². The lowest BCUT2D eigenvalue weighted by molar-refractivity contribution is 0.0340. The van der Waals surface area contributed by atoms with Crippen LogP contribution in [0, 0.1) is 6.92 Å². The molecule has 2 rings (SSSR count). The van der Waals surface area contributed by atoms with Crippen molar-refractivity contribution in [3.63, 3.8) is 0 Å². The molecule has 0 aliphatic carbocycles. The van der Waals surface area contributed by atoms with Crippen LogP contribution in [0.25, 0.3) is 0 Å². The van der Waals surface area contributed by atoms with Crippen LogP contribution in [0.3, 0.4) is 0 Å². The third-order valence-electron chi connectivity index (χ3n) is 2.46. The van der Waals surface area contributed by atoms with E-state index in [0.717, 1.165) is 38.6 Å². The topological polar surface area (TPSA) is 25.6 Å². The summed E-state index contributed by atoms with van der Waals surface area (Å²) in [6.45, 7) is 10.8. The lowest BCUT2D eigenvalue weighted by Crippen LogP contribution is -2.35. The van der Waals surface area contributed by atoms with Gasteiger partial charge < -0.3 is 9.15 Å². The number of aryl methyl sites for hydroxylation is 1. The van der Waals surface area contributed by atoms with E-state index < -0.39 is 0 Å². The zero-order valence-electron chi connectivity index (χ0n) is 9.95. The summed E-state index contributed by atoms with van der Waals surface area (Å²) in [6, 6.07) is 2.05. The van der Waals surface area contributed by atoms with Crippen molar-refractivity contribution in [3.05, 3.63) is 23.7 Å². The summed E-state index contributed by atoms with van der Waals surface area (Å²) in [5, 5.41) is 0. The Morgan fingerprint density at radius 3 is 2.47 bits per heavy atom. The first-order chi connectivity index (χ1) is 7.36. The Hall–Kier alpha value is -0.800. The first kappa shape index (κ1) is 12.3. The summed E-state index contributed by atoms with van der Waals surface area (Å²) in [6.07, 6.45) is 1.76. The Balaban J connectivity index is 0.000000531. The van der Waals surface area contributed by atoms with E-state index in [2.05, 4.69) is 4.90 Å². The third-order valence-corrected chi connectivity index (χ3v) is 2.46. The lowest BCUT2D eigenvalue weighted by atomic mass is 10.2. The molecule has 1 aromatic rings. The molecule has 86 valence electrons. The second kappa shape index (κ2) is 6.64. The van der Waals surface area contributed by atoms with Gasteiger partial charge in [-0.2, -0.15) is 0 Å². The zero-order valence-corrected chi connectivity index (χ0v) is 9.95. The molecule has 1 aliphatic rings. The fraction of sp³-hybridized carbons (Fsp3) is 0.667. The molecule has 0 amide bonds. The molecule has 0 bridgehead atoms. The van der Waals surface area contributed by atoms with E-state index in [4.69, 9.17) is 9.15 Å². The molecule has 0 saturated carbocycles. The number of rotatable bonds is 2. The molecule has 3 heteroatoms. The second-order valence-corrected chi connectivity index (χ2v) is 3.39. The maximum Gasteiger partial charge on any atom is 0.105 e. The van der Waals surface area contributed by atoms with Gasteiger partial charge in [0.2, 0.25) is 0 Å². The fourth-order valence-corrected chi connectivity index (χ4v) is 1.58. The van der Waals surface area contributed by atoms with Crippen LogP contribution in [0.5, 0.6) is 0 Å². The largest absolute Gasteiger partial charge is 0.469 e. The number of ether oxygens (including phenoxy) is 1. The average Bonchev–Trinajstić information content (AvgIpc) is 2.69. The maximum atomic E-state index is 5.28. The van der Waals surface area contributed by atoms with Gasteiger partial charge in [-0.05, 0) is 13.0 Å². The molecular formula is C12H21NO2. The molecule has 1 aromatic heterocycles. The molecule has 0 N–H and O–H groups in total. The van der Waals surface area contributed by atoms with Gasteiger partial charge in [-0.3, -0.25) is 4.90 Å². The molecule has 3 nitrogen and oxygen atoms in total. The molecule has 2 heterocycles. The van der Waals surface area contributed by atoms with Gasteiger partial charge in [-0.25, -0.2) is 0 Å². The van der Waals surface area contributed by atoms with Gasteiger partial charge in [0.25, 0.3) is 0 Å². The highest BCUT2D eigenvalue weighted by Crippen LogP contribution is 2.12. The van der Waals surface area contributed by atoms with Crippen molar-refractivity contribution in [3.8, 4) is 0 Å². The van der Waals surface area contributed by atoms with Crippen LogP contribution in [0.2, 0.25) is 0 Å². The number of furan rings is 1. The molecule has 0 spiro atoms. The molecule has 1 saturated heterocycles. The zero-order chi connectivity index (χ0) is 11.1. The van der Waals surface area contributed by atoms with Gasteiger partial charge >= 0.3 is 0 Å². The Kier molecular flexibility index (Phi) is 5.43. The first-order valence-electron chi connectivity index (χ1n) is 5.69. The molecule has 0 aromatic carbocycles. The first-order valence-corrected chi connectivity index (χ1v) is 5.69. The summed E-state index contributed by atoms with van der Waals surface area (Å²) in [5.74, 6) is 1.03. The minimum absolute atomic E-state index is 0.858. The Morgan fingerprint density at radius 2 is 1.93 bits per heavy atom. The van der Waals surface area contributed by atoms with Crippen molar-refractivity contribution in [2.45, 2.75) is 27.3 Å². The number of nitrogens with zero attached hydrogens (tertiary/aromatic N) is 1. The van der Waals surface area contributed by atoms with Gasteiger partial charge in [0.05, 0.1) is 19.5 Å². The van der Waals surface area contributed by atoms with Crippen LogP contribution in [-0.2, 0) is 11.3 Å². The molecule has 1 aliphatic heterocycles. The predicted molar refractivity (Wildman–Crippen MR) is 60.9 cm³/mol. The van der Waals surface area contributed by atoms with Crippen LogP contribution in [0.1, 0.15) is 25.2 Å². The second-order valence-electron chi connectivity index (χ2n) is 3.39. The minimum Gasteiger partial charge on any atom is -0.469 e. The molecular weight excluding hydrogens is 190 g/mol. The summed E-state index contributed by atoms with van der Waals surface area (Å²) < 4.78 is 10.5. The monoisotopic (exact) mass is 211 g/mol. The number of hydrogen-bond acceptors (Lipinski definition) is 3. The molecule has 15 heavy (non-hydrogen) atoms. The maximum absolute atomic E-state index is 5.28. The van der Waals surface area contributed by atoms with Crippen molar-refractivity contribution in [1.29, 1.82) is 0 Å². The Labute approximate surface area is 92.0 Å². The van der Waals surface area contributed by atoms with E-state index in [9.17, 15) is 0 Å². The summed E-state index contributed by atoms with van der Waals surface area (Å²) in [5.41, 5.74) is 1.29. The Bertz CT molecular complexity index is 264. The van der Waals surface area contributed by atoms with Crippen molar-refractivity contribution in [1.82, 2.24) is 4.90 Å². The highest BCUT2D eigenvalue weighted by Gasteiger charge is 2.12. The summed E-state index contributed by atoms with van der Waals surface area (Å²) in [7, 11) is 0. The van der Waals surface area contributed by atoms with Crippen molar-refractivity contribution >= 4 is 0 Å². The van der Waals surface area contributed by atoms with Gasteiger partial charge in [0.15, 0.2) is 0 Å². The van der Waals surface area contributed by atoms with Crippen LogP contribution in [0.4, 0.5) is 0 Å². The standard InChI is InChI=1S/C10H15NO2.C2H6/c1-9-10(2-5-13-9)8-11-3-6-12-7-4-11;1-2/h2,5H,3-4,6-8H2,1H3;1-2H3. The van der Waals surface area contributed by atoms with Crippen LogP contribution in [-0.4, -0.2) is 31.2 Å². The van der Waals surface area contributed by atoms with Gasteiger partial charge in [-0.1, -0.05) is 13.8 Å². The highest BCUT2D eigenvalue weighted by molar-refractivity contribution is 5.15. The van der Waals surface area contributed by atoms with E-state index in [-0.39, 0.29) is 0 Å². The van der Waals surface area contributed by atoms with E-state index in [1.807, 2.05) is 26.8 Å². The summed E-state index contributed by atoms with van der Waals surface area (Å²) >= 11 is 0. The predicted octanol–water partition coefficient (Wildman–Crippen LogP) is 2.45. The normalized spacial score (nSPS) is 17.0. The third kappa shape index (κ3) is 3.68. The number of hydrogen-bond donors (Lipinski definition) is 0. The van der Waals surface area contributed by atoms with Crippen LogP contribution < -0.4 is 0 Å². The molecule has 1 fully saturated rings. The van der Waals surface area contributed by atoms with E-state index in [1.54, 1.807) is 6.26 Å². The highest BCUT2D eigenvalue weighted by atomic mass is 16.5. The number of morpholine rings is 1. The Morgan fingerprint density at radius 1 is 1.27 bits per heavy atom. The molecule has 0 unspecified atom stereocenters. The van der Waals surface area contributed by atoms with Crippen LogP contribution >= 0.6 is 0 Å². The smallest absolute Gasteiger partial charge is 0.105 e. The molecule has 0 atom stereocenters. The quantitative estimate of drug-likeness (QED) is 0.751. The lowest BCUT2D eigenvalue weighted by Gasteiger charge is -2.26. The van der Waals surface area contributed by atoms with Crippen molar-refractivity contribution in [2.75, 3.05) is 26.3 Å². The SMILES string of the molecule is CC.Cc1occc1CN1CCOCC1. The van der Waals surface area contributed by atoms with E-state index in [0.29, 0.717) is 0 Å². The fourth-order valence-electron chi connectivity index (χ4n) is 1.58. The van der Waals surface area contributed by atoms with E-state index in [1.165, 1.54) is 5.56 Å². The van der Waals surface area contributed by atoms with Gasteiger partial charge in [0, 0.05) is 25.2 Å². The summed E-state index contributed by atoms with van der Waals surface area (Å²) in [4.78, 5) is 2.39. The van der Waals surface area contributed by atoms with E-state index >= 15 is 0 Å². The van der Waals surface area contributed by atoms with Gasteiger partial charge in [-0.15, -0.1) is 0 Å².